The molecule has 0 bridgehead atoms. The van der Waals surface area contributed by atoms with Gasteiger partial charge >= 0.3 is 5.97 Å². The molecule has 0 saturated heterocycles. The average Bonchev–Trinajstić information content (AvgIpc) is 2.59. The van der Waals surface area contributed by atoms with Crippen LogP contribution in [0.1, 0.15) is 116 Å². The highest BCUT2D eigenvalue weighted by atomic mass is 16.4. The van der Waals surface area contributed by atoms with Crippen LogP contribution < -0.4 is 5.73 Å². The maximum atomic E-state index is 11.0. The summed E-state index contributed by atoms with van der Waals surface area (Å²) >= 11 is 0. The van der Waals surface area contributed by atoms with E-state index in [0.717, 1.165) is 25.3 Å². The monoisotopic (exact) mass is 367 g/mol. The zero-order valence-corrected chi connectivity index (χ0v) is 16.9. The number of primary amides is 1. The number of rotatable bonds is 19. The maximum absolute atomic E-state index is 11.0. The van der Waals surface area contributed by atoms with E-state index in [1.165, 1.54) is 83.5 Å². The van der Waals surface area contributed by atoms with Gasteiger partial charge in [0.25, 0.3) is 0 Å². The number of unbranched alkanes of at least 4 members (excludes halogenated alkanes) is 15. The van der Waals surface area contributed by atoms with Gasteiger partial charge in [-0.2, -0.15) is 0 Å². The lowest BCUT2D eigenvalue weighted by Gasteiger charge is -2.04. The lowest BCUT2D eigenvalue weighted by Crippen LogP contribution is -2.11. The Morgan fingerprint density at radius 3 is 1.35 bits per heavy atom. The fourth-order valence-electron chi connectivity index (χ4n) is 3.28. The van der Waals surface area contributed by atoms with Crippen molar-refractivity contribution in [2.24, 2.45) is 5.73 Å². The topological polar surface area (TPSA) is 80.4 Å². The van der Waals surface area contributed by atoms with Gasteiger partial charge in [-0.3, -0.25) is 4.79 Å². The maximum Gasteiger partial charge on any atom is 0.331 e. The number of carbonyl (C=O) groups is 2. The van der Waals surface area contributed by atoms with Crippen LogP contribution in [0.4, 0.5) is 0 Å². The molecule has 0 spiro atoms. The van der Waals surface area contributed by atoms with Crippen molar-refractivity contribution >= 4 is 11.9 Å². The van der Waals surface area contributed by atoms with Crippen LogP contribution >= 0.6 is 0 Å². The quantitative estimate of drug-likeness (QED) is 0.213. The second kappa shape index (κ2) is 18.5. The Kier molecular flexibility index (Phi) is 17.5. The molecule has 152 valence electrons. The number of carboxylic acids is 1. The molecule has 0 heterocycles. The van der Waals surface area contributed by atoms with Crippen molar-refractivity contribution in [2.75, 3.05) is 0 Å². The molecule has 0 aromatic carbocycles. The van der Waals surface area contributed by atoms with Gasteiger partial charge in [0.1, 0.15) is 0 Å². The molecule has 0 radical (unpaired) electrons. The molecule has 0 atom stereocenters. The highest BCUT2D eigenvalue weighted by Crippen LogP contribution is 2.15. The van der Waals surface area contributed by atoms with Crippen LogP contribution in [0.3, 0.4) is 0 Å². The summed E-state index contributed by atoms with van der Waals surface area (Å²) in [7, 11) is 0. The summed E-state index contributed by atoms with van der Waals surface area (Å²) in [5.41, 5.74) is 5.14. The summed E-state index contributed by atoms with van der Waals surface area (Å²) < 4.78 is 0. The molecule has 4 heteroatoms. The van der Waals surface area contributed by atoms with Gasteiger partial charge in [0.15, 0.2) is 0 Å². The molecular weight excluding hydrogens is 326 g/mol. The number of amides is 1. The van der Waals surface area contributed by atoms with Crippen LogP contribution in [0, 0.1) is 0 Å². The van der Waals surface area contributed by atoms with Gasteiger partial charge in [-0.1, -0.05) is 103 Å². The minimum absolute atomic E-state index is 0.128. The Morgan fingerprint density at radius 1 is 0.692 bits per heavy atom. The van der Waals surface area contributed by atoms with E-state index < -0.39 is 11.9 Å². The molecule has 1 amide bonds. The van der Waals surface area contributed by atoms with E-state index >= 15 is 0 Å². The summed E-state index contributed by atoms with van der Waals surface area (Å²) in [5.74, 6) is -1.72. The molecule has 0 aromatic rings. The van der Waals surface area contributed by atoms with Crippen LogP contribution in [-0.4, -0.2) is 17.0 Å². The minimum Gasteiger partial charge on any atom is -0.478 e. The predicted octanol–water partition coefficient (Wildman–Crippen LogP) is 6.13. The number of aliphatic carboxylic acids is 1. The summed E-state index contributed by atoms with van der Waals surface area (Å²) in [6.07, 6.45) is 22.1. The molecule has 0 fully saturated rings. The summed E-state index contributed by atoms with van der Waals surface area (Å²) in [6.45, 7) is 2.26. The molecule has 0 aliphatic heterocycles. The van der Waals surface area contributed by atoms with Crippen LogP contribution in [0.15, 0.2) is 11.6 Å². The van der Waals surface area contributed by atoms with Crippen molar-refractivity contribution in [2.45, 2.75) is 116 Å². The summed E-state index contributed by atoms with van der Waals surface area (Å²) in [4.78, 5) is 21.7. The predicted molar refractivity (Wildman–Crippen MR) is 109 cm³/mol. The van der Waals surface area contributed by atoms with Crippen molar-refractivity contribution in [3.63, 3.8) is 0 Å². The molecular formula is C22H41NO3. The van der Waals surface area contributed by atoms with Crippen LogP contribution in [0.2, 0.25) is 0 Å². The number of hydrogen-bond acceptors (Lipinski definition) is 2. The lowest BCUT2D eigenvalue weighted by molar-refractivity contribution is -0.133. The van der Waals surface area contributed by atoms with Crippen LogP contribution in [0.25, 0.3) is 0 Å². The fraction of sp³-hybridized carbons (Fsp3) is 0.818. The van der Waals surface area contributed by atoms with Gasteiger partial charge < -0.3 is 10.8 Å². The molecule has 0 saturated carbocycles. The van der Waals surface area contributed by atoms with Crippen LogP contribution in [-0.2, 0) is 9.59 Å². The SMILES string of the molecule is CCCCCCCCCCCCCCCCCCC(=CC(N)=O)C(=O)O. The smallest absolute Gasteiger partial charge is 0.331 e. The first-order chi connectivity index (χ1) is 12.6. The van der Waals surface area contributed by atoms with Gasteiger partial charge in [0.05, 0.1) is 0 Å². The molecule has 0 rings (SSSR count). The molecule has 0 unspecified atom stereocenters. The van der Waals surface area contributed by atoms with Gasteiger partial charge in [-0.25, -0.2) is 4.79 Å². The van der Waals surface area contributed by atoms with Crippen molar-refractivity contribution in [3.05, 3.63) is 11.6 Å². The van der Waals surface area contributed by atoms with E-state index in [-0.39, 0.29) is 5.57 Å². The Labute approximate surface area is 160 Å². The highest BCUT2D eigenvalue weighted by Gasteiger charge is 2.08. The van der Waals surface area contributed by atoms with E-state index in [9.17, 15) is 9.59 Å². The number of carboxylic acid groups (broad SMARTS) is 1. The number of hydrogen-bond donors (Lipinski definition) is 2. The van der Waals surface area contributed by atoms with E-state index in [0.29, 0.717) is 6.42 Å². The third kappa shape index (κ3) is 17.5. The van der Waals surface area contributed by atoms with Crippen molar-refractivity contribution in [1.29, 1.82) is 0 Å². The number of nitrogens with two attached hydrogens (primary N) is 1. The van der Waals surface area contributed by atoms with E-state index in [1.807, 2.05) is 0 Å². The Hall–Kier alpha value is -1.32. The Balaban J connectivity index is 3.31. The molecule has 3 N–H and O–H groups in total. The third-order valence-electron chi connectivity index (χ3n) is 4.89. The van der Waals surface area contributed by atoms with E-state index in [4.69, 9.17) is 10.8 Å². The molecule has 4 nitrogen and oxygen atoms in total. The van der Waals surface area contributed by atoms with Gasteiger partial charge in [0.2, 0.25) is 5.91 Å². The normalized spacial score (nSPS) is 11.7. The molecule has 26 heavy (non-hydrogen) atoms. The average molecular weight is 368 g/mol. The van der Waals surface area contributed by atoms with Gasteiger partial charge in [-0.15, -0.1) is 0 Å². The third-order valence-corrected chi connectivity index (χ3v) is 4.89. The van der Waals surface area contributed by atoms with Crippen molar-refractivity contribution in [3.8, 4) is 0 Å². The van der Waals surface area contributed by atoms with Crippen LogP contribution in [0.5, 0.6) is 0 Å². The molecule has 0 aliphatic carbocycles. The first kappa shape index (κ1) is 24.7. The van der Waals surface area contributed by atoms with E-state index in [2.05, 4.69) is 6.92 Å². The highest BCUT2D eigenvalue weighted by molar-refractivity contribution is 5.96. The van der Waals surface area contributed by atoms with E-state index in [1.54, 1.807) is 0 Å². The Bertz CT molecular complexity index is 391. The van der Waals surface area contributed by atoms with Crippen molar-refractivity contribution in [1.82, 2.24) is 0 Å². The van der Waals surface area contributed by atoms with Gasteiger partial charge in [-0.05, 0) is 12.8 Å². The Morgan fingerprint density at radius 2 is 1.04 bits per heavy atom. The summed E-state index contributed by atoms with van der Waals surface area (Å²) in [5, 5.41) is 8.97. The standard InChI is InChI=1S/C22H41NO3/c1-2-3-4-5-6-7-8-9-10-11-12-13-14-15-16-17-18-20(22(25)26)19-21(23)24/h19H,2-18H2,1H3,(H2,23,24)(H,25,26). The second-order valence-electron chi connectivity index (χ2n) is 7.43. The first-order valence-electron chi connectivity index (χ1n) is 10.8. The zero-order chi connectivity index (χ0) is 19.5. The zero-order valence-electron chi connectivity index (χ0n) is 16.9. The lowest BCUT2D eigenvalue weighted by atomic mass is 10.0. The number of carbonyl (C=O) groups excluding carboxylic acids is 1. The van der Waals surface area contributed by atoms with Crippen molar-refractivity contribution < 1.29 is 14.7 Å². The minimum atomic E-state index is -1.04. The molecule has 0 aliphatic rings. The first-order valence-corrected chi connectivity index (χ1v) is 10.8. The largest absolute Gasteiger partial charge is 0.478 e. The van der Waals surface area contributed by atoms with Gasteiger partial charge in [0, 0.05) is 11.6 Å². The second-order valence-corrected chi connectivity index (χ2v) is 7.43. The fourth-order valence-corrected chi connectivity index (χ4v) is 3.28. The molecule has 0 aromatic heterocycles. The summed E-state index contributed by atoms with van der Waals surface area (Å²) in [6, 6.07) is 0.